The van der Waals surface area contributed by atoms with Gasteiger partial charge in [0.15, 0.2) is 0 Å². The quantitative estimate of drug-likeness (QED) is 0.461. The van der Waals surface area contributed by atoms with Crippen molar-refractivity contribution >= 4 is 15.7 Å². The maximum Gasteiger partial charge on any atom is 1.00 e. The molecule has 1 saturated carbocycles. The fourth-order valence-electron chi connectivity index (χ4n) is 2.79. The first-order valence-corrected chi connectivity index (χ1v) is 8.30. The van der Waals surface area contributed by atoms with E-state index >= 15 is 0 Å². The zero-order valence-electron chi connectivity index (χ0n) is 12.4. The van der Waals surface area contributed by atoms with Crippen LogP contribution in [-0.4, -0.2) is 14.1 Å². The van der Waals surface area contributed by atoms with Crippen LogP contribution < -0.4 is 29.6 Å². The molecule has 0 radical (unpaired) electrons. The molecule has 0 saturated heterocycles. The maximum atomic E-state index is 12.1. The van der Waals surface area contributed by atoms with Gasteiger partial charge in [0.05, 0.1) is 4.90 Å². The van der Waals surface area contributed by atoms with E-state index in [0.717, 1.165) is 24.1 Å². The van der Waals surface area contributed by atoms with Crippen molar-refractivity contribution in [2.75, 3.05) is 0 Å². The van der Waals surface area contributed by atoms with E-state index in [0.29, 0.717) is 0 Å². The molecule has 21 heavy (non-hydrogen) atoms. The Morgan fingerprint density at radius 3 is 2.24 bits per heavy atom. The Labute approximate surface area is 148 Å². The number of nitrogens with zero attached hydrogens (tertiary/aromatic N) is 2. The zero-order chi connectivity index (χ0) is 14.2. The summed E-state index contributed by atoms with van der Waals surface area (Å²) >= 11 is 0. The Balaban J connectivity index is 0.00000161. The van der Waals surface area contributed by atoms with Crippen LogP contribution in [0.15, 0.2) is 46.4 Å². The molecule has 0 aliphatic heterocycles. The van der Waals surface area contributed by atoms with Gasteiger partial charge in [-0.15, -0.1) is 0 Å². The van der Waals surface area contributed by atoms with Gasteiger partial charge in [0.1, 0.15) is 10.0 Å². The summed E-state index contributed by atoms with van der Waals surface area (Å²) in [6.45, 7) is 1.92. The molecule has 0 aromatic heterocycles. The van der Waals surface area contributed by atoms with Crippen LogP contribution in [-0.2, 0) is 10.0 Å². The van der Waals surface area contributed by atoms with Gasteiger partial charge in [-0.05, 0) is 31.9 Å². The van der Waals surface area contributed by atoms with Crippen LogP contribution in [0.3, 0.4) is 0 Å². The minimum absolute atomic E-state index is 0. The summed E-state index contributed by atoms with van der Waals surface area (Å²) in [6.07, 6.45) is 7.53. The number of aryl methyl sites for hydroxylation is 1. The van der Waals surface area contributed by atoms with Gasteiger partial charge in [-0.25, -0.2) is 8.42 Å². The molecule has 4 nitrogen and oxygen atoms in total. The Hall–Kier alpha value is -0.620. The molecule has 0 spiro atoms. The predicted molar refractivity (Wildman–Crippen MR) is 79.1 cm³/mol. The smallest absolute Gasteiger partial charge is 0.491 e. The van der Waals surface area contributed by atoms with Crippen molar-refractivity contribution in [3.8, 4) is 0 Å². The molecule has 3 rings (SSSR count). The Bertz CT molecular complexity index is 649. The molecule has 2 bridgehead atoms. The molecule has 2 aliphatic carbocycles. The van der Waals surface area contributed by atoms with Gasteiger partial charge in [0.2, 0.25) is 0 Å². The molecule has 1 fully saturated rings. The average Bonchev–Trinajstić information content (AvgIpc) is 2.65. The monoisotopic (exact) mass is 312 g/mol. The number of hydrogen-bond acceptors (Lipinski definition) is 3. The second kappa shape index (κ2) is 6.65. The second-order valence-corrected chi connectivity index (χ2v) is 7.01. The van der Waals surface area contributed by atoms with E-state index in [2.05, 4.69) is 22.1 Å². The number of sulfonamides is 1. The molecular weight excluding hydrogens is 295 g/mol. The third-order valence-electron chi connectivity index (χ3n) is 3.95. The van der Waals surface area contributed by atoms with E-state index in [1.54, 1.807) is 24.3 Å². The van der Waals surface area contributed by atoms with Gasteiger partial charge in [-0.2, -0.15) is 0 Å². The summed E-state index contributed by atoms with van der Waals surface area (Å²) in [5, 5.41) is 4.07. The van der Waals surface area contributed by atoms with Gasteiger partial charge in [0.25, 0.3) is 0 Å². The molecule has 106 valence electrons. The van der Waals surface area contributed by atoms with Crippen molar-refractivity contribution in [2.45, 2.75) is 31.1 Å². The van der Waals surface area contributed by atoms with E-state index < -0.39 is 10.0 Å². The fraction of sp³-hybridized carbons (Fsp3) is 0.400. The largest absolute Gasteiger partial charge is 1.00 e. The van der Waals surface area contributed by atoms with E-state index in [1.165, 1.54) is 6.42 Å². The van der Waals surface area contributed by atoms with Crippen LogP contribution >= 0.6 is 0 Å². The average molecular weight is 312 g/mol. The van der Waals surface area contributed by atoms with E-state index in [9.17, 15) is 8.42 Å². The standard InChI is InChI=1S/C15H17N2O2S.Na/c1-11-5-9-14(10-6-11)20(18,19)17-16-15-12-3-2-4-13(15)8-7-12;/h5-10,12-13H,2-4H2,1H3;/q-1;+1/t12-,13+;. The molecule has 1 aromatic rings. The van der Waals surface area contributed by atoms with Crippen LogP contribution in [0.4, 0.5) is 0 Å². The molecule has 0 amide bonds. The molecule has 0 N–H and O–H groups in total. The Morgan fingerprint density at radius 1 is 1.10 bits per heavy atom. The third kappa shape index (κ3) is 3.59. The Kier molecular flexibility index (Phi) is 5.30. The van der Waals surface area contributed by atoms with Crippen LogP contribution in [0.1, 0.15) is 24.8 Å². The second-order valence-electron chi connectivity index (χ2n) is 5.42. The van der Waals surface area contributed by atoms with Gasteiger partial charge in [0, 0.05) is 17.5 Å². The van der Waals surface area contributed by atoms with Crippen LogP contribution in [0, 0.1) is 18.8 Å². The third-order valence-corrected chi connectivity index (χ3v) is 5.11. The first-order chi connectivity index (χ1) is 9.56. The van der Waals surface area contributed by atoms with Gasteiger partial charge in [-0.1, -0.05) is 36.3 Å². The van der Waals surface area contributed by atoms with Crippen molar-refractivity contribution in [1.29, 1.82) is 0 Å². The van der Waals surface area contributed by atoms with Crippen molar-refractivity contribution in [3.05, 3.63) is 46.8 Å². The van der Waals surface area contributed by atoms with Crippen molar-refractivity contribution in [1.82, 2.24) is 0 Å². The summed E-state index contributed by atoms with van der Waals surface area (Å²) in [5.74, 6) is 0.566. The molecular formula is C15H17N2NaO2S. The number of benzene rings is 1. The van der Waals surface area contributed by atoms with Crippen molar-refractivity contribution in [2.24, 2.45) is 16.9 Å². The number of hydrogen-bond donors (Lipinski definition) is 0. The Morgan fingerprint density at radius 2 is 1.67 bits per heavy atom. The number of allylic oxidation sites excluding steroid dienone is 2. The first-order valence-electron chi connectivity index (χ1n) is 6.86. The van der Waals surface area contributed by atoms with Gasteiger partial charge in [-0.3, -0.25) is 0 Å². The summed E-state index contributed by atoms with van der Waals surface area (Å²) < 4.78 is 24.3. The molecule has 2 atom stereocenters. The summed E-state index contributed by atoms with van der Waals surface area (Å²) in [4.78, 5) is 3.84. The summed E-state index contributed by atoms with van der Waals surface area (Å²) in [7, 11) is -3.69. The summed E-state index contributed by atoms with van der Waals surface area (Å²) in [5.41, 5.74) is 1.93. The summed E-state index contributed by atoms with van der Waals surface area (Å²) in [6, 6.07) is 6.67. The normalized spacial score (nSPS) is 25.7. The first kappa shape index (κ1) is 16.7. The topological polar surface area (TPSA) is 60.6 Å². The van der Waals surface area contributed by atoms with Crippen molar-refractivity contribution < 1.29 is 38.0 Å². The molecule has 1 aromatic carbocycles. The van der Waals surface area contributed by atoms with E-state index in [1.807, 2.05) is 6.92 Å². The predicted octanol–water partition coefficient (Wildman–Crippen LogP) is 0.404. The molecule has 6 heteroatoms. The minimum atomic E-state index is -3.69. The number of rotatable bonds is 3. The molecule has 0 unspecified atom stereocenters. The van der Waals surface area contributed by atoms with E-state index in [-0.39, 0.29) is 46.3 Å². The van der Waals surface area contributed by atoms with Crippen molar-refractivity contribution in [3.63, 3.8) is 0 Å². The maximum absolute atomic E-state index is 12.1. The minimum Gasteiger partial charge on any atom is -0.491 e. The SMILES string of the molecule is Cc1ccc(S(=O)(=O)[N-]N=C2[C@@H]3C=C[C@H]2CCC3)cc1.[Na+]. The molecule has 0 heterocycles. The van der Waals surface area contributed by atoms with Gasteiger partial charge < -0.3 is 9.93 Å². The van der Waals surface area contributed by atoms with Crippen LogP contribution in [0.5, 0.6) is 0 Å². The van der Waals surface area contributed by atoms with E-state index in [4.69, 9.17) is 0 Å². The van der Waals surface area contributed by atoms with Gasteiger partial charge >= 0.3 is 29.6 Å². The molecule has 2 aliphatic rings. The fourth-order valence-corrected chi connectivity index (χ4v) is 3.57. The van der Waals surface area contributed by atoms with Crippen LogP contribution in [0.25, 0.3) is 4.83 Å². The van der Waals surface area contributed by atoms with Crippen LogP contribution in [0.2, 0.25) is 0 Å². The number of fused-ring (bicyclic) bond motifs is 2. The zero-order valence-corrected chi connectivity index (χ0v) is 15.2.